The standard InChI is InChI=1S/C21H22N2O3.ClH/c1-25-13-17-16-8-4-5-9-19(16)26-20(17)21(24)23-12-18-15-7-3-2-6-14(15)10-11-22-18;/h2-9,18,22H,10-13H2,1H3,(H,23,24);1H. The summed E-state index contributed by atoms with van der Waals surface area (Å²) in [5, 5.41) is 7.41. The number of benzene rings is 2. The number of carbonyl (C=O) groups excluding carboxylic acids is 1. The summed E-state index contributed by atoms with van der Waals surface area (Å²) in [5.74, 6) is 0.121. The molecule has 0 aliphatic carbocycles. The van der Waals surface area contributed by atoms with Gasteiger partial charge in [-0.25, -0.2) is 0 Å². The zero-order chi connectivity index (χ0) is 17.9. The van der Waals surface area contributed by atoms with E-state index in [1.807, 2.05) is 30.3 Å². The van der Waals surface area contributed by atoms with Crippen molar-refractivity contribution in [2.45, 2.75) is 19.1 Å². The third kappa shape index (κ3) is 3.86. The van der Waals surface area contributed by atoms with Crippen LogP contribution in [0.25, 0.3) is 11.0 Å². The van der Waals surface area contributed by atoms with E-state index >= 15 is 0 Å². The number of hydrogen-bond acceptors (Lipinski definition) is 4. The van der Waals surface area contributed by atoms with E-state index < -0.39 is 0 Å². The number of para-hydroxylation sites is 1. The summed E-state index contributed by atoms with van der Waals surface area (Å²) >= 11 is 0. The van der Waals surface area contributed by atoms with Gasteiger partial charge in [0.15, 0.2) is 5.76 Å². The maximum absolute atomic E-state index is 12.8. The quantitative estimate of drug-likeness (QED) is 0.703. The number of halogens is 1. The highest BCUT2D eigenvalue weighted by Gasteiger charge is 2.23. The fraction of sp³-hybridized carbons (Fsp3) is 0.286. The van der Waals surface area contributed by atoms with Crippen LogP contribution >= 0.6 is 12.4 Å². The molecule has 3 aromatic rings. The summed E-state index contributed by atoms with van der Waals surface area (Å²) < 4.78 is 11.1. The van der Waals surface area contributed by atoms with Crippen molar-refractivity contribution in [2.24, 2.45) is 0 Å². The van der Waals surface area contributed by atoms with Gasteiger partial charge < -0.3 is 19.8 Å². The minimum absolute atomic E-state index is 0. The van der Waals surface area contributed by atoms with Crippen LogP contribution in [0.2, 0.25) is 0 Å². The van der Waals surface area contributed by atoms with Gasteiger partial charge in [-0.05, 0) is 30.2 Å². The predicted molar refractivity (Wildman–Crippen MR) is 107 cm³/mol. The molecule has 27 heavy (non-hydrogen) atoms. The molecule has 2 aromatic carbocycles. The van der Waals surface area contributed by atoms with Crippen molar-refractivity contribution in [2.75, 3.05) is 20.2 Å². The zero-order valence-electron chi connectivity index (χ0n) is 15.2. The van der Waals surface area contributed by atoms with Gasteiger partial charge in [0.2, 0.25) is 0 Å². The number of ether oxygens (including phenoxy) is 1. The van der Waals surface area contributed by atoms with E-state index in [0.717, 1.165) is 23.9 Å². The fourth-order valence-electron chi connectivity index (χ4n) is 3.62. The second kappa shape index (κ2) is 8.57. The number of fused-ring (bicyclic) bond motifs is 2. The Labute approximate surface area is 164 Å². The van der Waals surface area contributed by atoms with Gasteiger partial charge in [0.25, 0.3) is 5.91 Å². The van der Waals surface area contributed by atoms with E-state index in [0.29, 0.717) is 24.5 Å². The molecule has 1 aliphatic rings. The Morgan fingerprint density at radius 2 is 2.00 bits per heavy atom. The lowest BCUT2D eigenvalue weighted by molar-refractivity contribution is 0.0917. The van der Waals surface area contributed by atoms with Gasteiger partial charge in [0, 0.05) is 30.6 Å². The van der Waals surface area contributed by atoms with Crippen LogP contribution in [0.1, 0.15) is 33.3 Å². The molecule has 1 aromatic heterocycles. The maximum Gasteiger partial charge on any atom is 0.287 e. The molecular formula is C21H23ClN2O3. The van der Waals surface area contributed by atoms with Crippen LogP contribution in [0.5, 0.6) is 0 Å². The van der Waals surface area contributed by atoms with Crippen molar-refractivity contribution in [3.05, 3.63) is 71.0 Å². The lowest BCUT2D eigenvalue weighted by atomic mass is 9.94. The Balaban J connectivity index is 0.00000210. The molecule has 5 nitrogen and oxygen atoms in total. The highest BCUT2D eigenvalue weighted by Crippen LogP contribution is 2.27. The maximum atomic E-state index is 12.8. The summed E-state index contributed by atoms with van der Waals surface area (Å²) in [6.45, 7) is 1.76. The Morgan fingerprint density at radius 1 is 1.22 bits per heavy atom. The van der Waals surface area contributed by atoms with Gasteiger partial charge in [-0.1, -0.05) is 42.5 Å². The summed E-state index contributed by atoms with van der Waals surface area (Å²) in [5.41, 5.74) is 4.08. The smallest absolute Gasteiger partial charge is 0.287 e. The highest BCUT2D eigenvalue weighted by atomic mass is 35.5. The van der Waals surface area contributed by atoms with Crippen LogP contribution in [0.3, 0.4) is 0 Å². The lowest BCUT2D eigenvalue weighted by Gasteiger charge is -2.27. The first-order chi connectivity index (χ1) is 12.8. The molecule has 4 rings (SSSR count). The zero-order valence-corrected chi connectivity index (χ0v) is 16.0. The van der Waals surface area contributed by atoms with Crippen LogP contribution in [-0.4, -0.2) is 26.1 Å². The molecular weight excluding hydrogens is 364 g/mol. The number of carbonyl (C=O) groups is 1. The third-order valence-electron chi connectivity index (χ3n) is 4.88. The topological polar surface area (TPSA) is 63.5 Å². The number of rotatable bonds is 5. The van der Waals surface area contributed by atoms with E-state index in [2.05, 4.69) is 28.8 Å². The van der Waals surface area contributed by atoms with Crippen molar-refractivity contribution < 1.29 is 13.9 Å². The molecule has 142 valence electrons. The van der Waals surface area contributed by atoms with E-state index in [1.54, 1.807) is 7.11 Å². The molecule has 1 unspecified atom stereocenters. The van der Waals surface area contributed by atoms with Crippen LogP contribution in [0.4, 0.5) is 0 Å². The van der Waals surface area contributed by atoms with Gasteiger partial charge in [0.05, 0.1) is 6.61 Å². The molecule has 0 saturated heterocycles. The third-order valence-corrected chi connectivity index (χ3v) is 4.88. The average molecular weight is 387 g/mol. The Kier molecular flexibility index (Phi) is 6.16. The molecule has 0 spiro atoms. The summed E-state index contributed by atoms with van der Waals surface area (Å²) in [6.07, 6.45) is 1.02. The molecule has 6 heteroatoms. The molecule has 2 heterocycles. The van der Waals surface area contributed by atoms with Crippen molar-refractivity contribution in [1.82, 2.24) is 10.6 Å². The number of nitrogens with one attached hydrogen (secondary N) is 2. The highest BCUT2D eigenvalue weighted by molar-refractivity contribution is 5.99. The van der Waals surface area contributed by atoms with Crippen LogP contribution < -0.4 is 10.6 Å². The van der Waals surface area contributed by atoms with Gasteiger partial charge in [0.1, 0.15) is 5.58 Å². The molecule has 1 atom stereocenters. The minimum atomic E-state index is -0.210. The van der Waals surface area contributed by atoms with E-state index in [9.17, 15) is 4.79 Å². The van der Waals surface area contributed by atoms with Gasteiger partial charge in [-0.2, -0.15) is 0 Å². The first kappa shape index (κ1) is 19.4. The Bertz CT molecular complexity index is 938. The average Bonchev–Trinajstić information content (AvgIpc) is 3.05. The molecule has 0 bridgehead atoms. The van der Waals surface area contributed by atoms with Crippen LogP contribution in [0.15, 0.2) is 52.9 Å². The number of hydrogen-bond donors (Lipinski definition) is 2. The summed E-state index contributed by atoms with van der Waals surface area (Å²) in [4.78, 5) is 12.8. The number of furan rings is 1. The molecule has 0 radical (unpaired) electrons. The van der Waals surface area contributed by atoms with Gasteiger partial charge in [-0.3, -0.25) is 4.79 Å². The largest absolute Gasteiger partial charge is 0.451 e. The molecule has 0 fully saturated rings. The number of amides is 1. The van der Waals surface area contributed by atoms with E-state index in [1.165, 1.54) is 11.1 Å². The fourth-order valence-corrected chi connectivity index (χ4v) is 3.62. The number of methoxy groups -OCH3 is 1. The Hall–Kier alpha value is -2.34. The predicted octanol–water partition coefficient (Wildman–Crippen LogP) is 3.62. The second-order valence-corrected chi connectivity index (χ2v) is 6.50. The lowest BCUT2D eigenvalue weighted by Crippen LogP contribution is -2.39. The van der Waals surface area contributed by atoms with Crippen molar-refractivity contribution in [1.29, 1.82) is 0 Å². The normalized spacial score (nSPS) is 15.8. The molecule has 0 saturated carbocycles. The molecule has 1 aliphatic heterocycles. The second-order valence-electron chi connectivity index (χ2n) is 6.50. The first-order valence-corrected chi connectivity index (χ1v) is 8.86. The van der Waals surface area contributed by atoms with E-state index in [-0.39, 0.29) is 24.4 Å². The van der Waals surface area contributed by atoms with E-state index in [4.69, 9.17) is 9.15 Å². The summed E-state index contributed by atoms with van der Waals surface area (Å²) in [6, 6.07) is 16.1. The van der Waals surface area contributed by atoms with Crippen LogP contribution in [0, 0.1) is 0 Å². The SMILES string of the molecule is COCc1c(C(=O)NCC2NCCc3ccccc32)oc2ccccc12.Cl. The molecule has 2 N–H and O–H groups in total. The first-order valence-electron chi connectivity index (χ1n) is 8.86. The monoisotopic (exact) mass is 386 g/mol. The van der Waals surface area contributed by atoms with Gasteiger partial charge >= 0.3 is 0 Å². The Morgan fingerprint density at radius 3 is 2.85 bits per heavy atom. The van der Waals surface area contributed by atoms with Crippen LogP contribution in [-0.2, 0) is 17.8 Å². The van der Waals surface area contributed by atoms with Crippen molar-refractivity contribution >= 4 is 29.3 Å². The minimum Gasteiger partial charge on any atom is -0.451 e. The van der Waals surface area contributed by atoms with Crippen molar-refractivity contribution in [3.8, 4) is 0 Å². The van der Waals surface area contributed by atoms with Crippen molar-refractivity contribution in [3.63, 3.8) is 0 Å². The van der Waals surface area contributed by atoms with Gasteiger partial charge in [-0.15, -0.1) is 12.4 Å². The summed E-state index contributed by atoms with van der Waals surface area (Å²) in [7, 11) is 1.62. The molecule has 1 amide bonds.